The number of likely N-dealkylation sites (tertiary alicyclic amines) is 1. The van der Waals surface area contributed by atoms with Crippen molar-refractivity contribution in [3.8, 4) is 5.75 Å². The molecule has 2 N–H and O–H groups in total. The van der Waals surface area contributed by atoms with Crippen molar-refractivity contribution in [1.82, 2.24) is 4.90 Å². The van der Waals surface area contributed by atoms with Gasteiger partial charge in [-0.15, -0.1) is 0 Å². The van der Waals surface area contributed by atoms with Crippen LogP contribution in [-0.4, -0.2) is 39.9 Å². The second-order valence-electron chi connectivity index (χ2n) is 7.68. The van der Waals surface area contributed by atoms with E-state index in [0.29, 0.717) is 27.5 Å². The predicted octanol–water partition coefficient (Wildman–Crippen LogP) is 4.67. The third-order valence-electron chi connectivity index (χ3n) is 5.64. The number of carboxylic acids is 1. The fourth-order valence-corrected chi connectivity index (χ4v) is 4.10. The number of hydrogen-bond donors (Lipinski definition) is 2. The molecule has 7 nitrogen and oxygen atoms in total. The summed E-state index contributed by atoms with van der Waals surface area (Å²) in [5.41, 5.74) is 1.53. The Balaban J connectivity index is 1.85. The first-order valence-electron chi connectivity index (χ1n) is 10.3. The average molecular weight is 478 g/mol. The van der Waals surface area contributed by atoms with Gasteiger partial charge in [0.05, 0.1) is 24.3 Å². The quantitative estimate of drug-likeness (QED) is 0.304. The van der Waals surface area contributed by atoms with E-state index in [1.807, 2.05) is 0 Å². The maximum Gasteiger partial charge on any atom is 0.335 e. The van der Waals surface area contributed by atoms with Gasteiger partial charge in [0.2, 0.25) is 0 Å². The van der Waals surface area contributed by atoms with E-state index in [1.165, 1.54) is 24.1 Å². The van der Waals surface area contributed by atoms with Gasteiger partial charge in [-0.1, -0.05) is 41.9 Å². The van der Waals surface area contributed by atoms with Crippen LogP contribution in [0.15, 0.2) is 78.4 Å². The van der Waals surface area contributed by atoms with Crippen molar-refractivity contribution in [3.05, 3.63) is 106 Å². The van der Waals surface area contributed by atoms with Gasteiger partial charge < -0.3 is 19.8 Å². The van der Waals surface area contributed by atoms with Crippen molar-refractivity contribution < 1.29 is 29.3 Å². The van der Waals surface area contributed by atoms with E-state index in [9.17, 15) is 19.5 Å². The van der Waals surface area contributed by atoms with Crippen LogP contribution in [0.2, 0.25) is 5.02 Å². The van der Waals surface area contributed by atoms with E-state index in [2.05, 4.69) is 0 Å². The Hall–Kier alpha value is -4.10. The lowest BCUT2D eigenvalue weighted by Gasteiger charge is -2.26. The number of ketones is 1. The molecule has 1 atom stereocenters. The molecule has 0 spiro atoms. The molecule has 172 valence electrons. The van der Waals surface area contributed by atoms with Gasteiger partial charge in [0.1, 0.15) is 11.5 Å². The number of aliphatic hydroxyl groups excluding tert-OH is 1. The first-order valence-corrected chi connectivity index (χ1v) is 10.7. The Kier molecular flexibility index (Phi) is 6.38. The molecule has 34 heavy (non-hydrogen) atoms. The first kappa shape index (κ1) is 23.1. The first-order chi connectivity index (χ1) is 16.3. The Morgan fingerprint density at radius 1 is 0.941 bits per heavy atom. The topological polar surface area (TPSA) is 104 Å². The summed E-state index contributed by atoms with van der Waals surface area (Å²) >= 11 is 5.96. The zero-order chi connectivity index (χ0) is 24.4. The van der Waals surface area contributed by atoms with Crippen LogP contribution in [0.1, 0.15) is 33.1 Å². The van der Waals surface area contributed by atoms with Crippen LogP contribution in [0.3, 0.4) is 0 Å². The minimum atomic E-state index is -1.07. The second-order valence-corrected chi connectivity index (χ2v) is 8.11. The molecular formula is C26H20ClNO6. The monoisotopic (exact) mass is 477 g/mol. The SMILES string of the molecule is COc1ccccc1C1/C(=C(\O)c2ccc(Cl)cc2)C(=O)C(=O)N1Cc1ccc(C(=O)O)cc1. The van der Waals surface area contributed by atoms with Crippen molar-refractivity contribution in [3.63, 3.8) is 0 Å². The lowest BCUT2D eigenvalue weighted by molar-refractivity contribution is -0.140. The molecule has 0 radical (unpaired) electrons. The number of carbonyl (C=O) groups excluding carboxylic acids is 2. The molecule has 0 saturated carbocycles. The number of aromatic carboxylic acids is 1. The molecule has 1 heterocycles. The zero-order valence-electron chi connectivity index (χ0n) is 18.1. The molecule has 1 unspecified atom stereocenters. The summed E-state index contributed by atoms with van der Waals surface area (Å²) in [6, 6.07) is 18.3. The van der Waals surface area contributed by atoms with Crippen molar-refractivity contribution in [2.24, 2.45) is 0 Å². The van der Waals surface area contributed by atoms with Crippen LogP contribution in [0.25, 0.3) is 5.76 Å². The minimum absolute atomic E-state index is 0.0184. The molecular weight excluding hydrogens is 458 g/mol. The van der Waals surface area contributed by atoms with E-state index < -0.39 is 23.7 Å². The number of para-hydroxylation sites is 1. The van der Waals surface area contributed by atoms with Gasteiger partial charge >= 0.3 is 5.97 Å². The number of aliphatic hydroxyl groups is 1. The summed E-state index contributed by atoms with van der Waals surface area (Å²) in [6.45, 7) is 0.0184. The number of carbonyl (C=O) groups is 3. The molecule has 0 bridgehead atoms. The molecule has 0 aromatic heterocycles. The molecule has 1 aliphatic rings. The van der Waals surface area contributed by atoms with E-state index in [1.54, 1.807) is 60.7 Å². The smallest absolute Gasteiger partial charge is 0.335 e. The number of carboxylic acid groups (broad SMARTS) is 1. The fourth-order valence-electron chi connectivity index (χ4n) is 3.97. The van der Waals surface area contributed by atoms with Gasteiger partial charge in [-0.05, 0) is 48.0 Å². The molecule has 3 aromatic carbocycles. The van der Waals surface area contributed by atoms with Gasteiger partial charge in [0.25, 0.3) is 11.7 Å². The Labute approximate surface area is 200 Å². The maximum atomic E-state index is 13.2. The van der Waals surface area contributed by atoms with E-state index in [0.717, 1.165) is 0 Å². The van der Waals surface area contributed by atoms with Crippen molar-refractivity contribution in [2.45, 2.75) is 12.6 Å². The van der Waals surface area contributed by atoms with E-state index in [-0.39, 0.29) is 23.4 Å². The number of nitrogens with zero attached hydrogens (tertiary/aromatic N) is 1. The summed E-state index contributed by atoms with van der Waals surface area (Å²) in [4.78, 5) is 38.8. The molecule has 1 aliphatic heterocycles. The lowest BCUT2D eigenvalue weighted by Crippen LogP contribution is -2.29. The summed E-state index contributed by atoms with van der Waals surface area (Å²) in [7, 11) is 1.48. The van der Waals surface area contributed by atoms with Crippen molar-refractivity contribution in [2.75, 3.05) is 7.11 Å². The predicted molar refractivity (Wildman–Crippen MR) is 126 cm³/mol. The number of amides is 1. The summed E-state index contributed by atoms with van der Waals surface area (Å²) in [6.07, 6.45) is 0. The van der Waals surface area contributed by atoms with Crippen LogP contribution >= 0.6 is 11.6 Å². The van der Waals surface area contributed by atoms with Gasteiger partial charge in [0.15, 0.2) is 0 Å². The fraction of sp³-hybridized carbons (Fsp3) is 0.115. The molecule has 1 amide bonds. The Bertz CT molecular complexity index is 1300. The number of ether oxygens (including phenoxy) is 1. The highest BCUT2D eigenvalue weighted by Crippen LogP contribution is 2.43. The number of benzene rings is 3. The van der Waals surface area contributed by atoms with Crippen molar-refractivity contribution in [1.29, 1.82) is 0 Å². The molecule has 0 aliphatic carbocycles. The summed E-state index contributed by atoms with van der Waals surface area (Å²) in [5, 5.41) is 20.7. The highest BCUT2D eigenvalue weighted by atomic mass is 35.5. The minimum Gasteiger partial charge on any atom is -0.507 e. The van der Waals surface area contributed by atoms with Crippen molar-refractivity contribution >= 4 is 35.0 Å². The van der Waals surface area contributed by atoms with Crippen LogP contribution in [0.4, 0.5) is 0 Å². The average Bonchev–Trinajstić information content (AvgIpc) is 3.09. The summed E-state index contributed by atoms with van der Waals surface area (Å²) in [5.74, 6) is -2.56. The highest BCUT2D eigenvalue weighted by molar-refractivity contribution is 6.46. The van der Waals surface area contributed by atoms with Crippen LogP contribution in [0, 0.1) is 0 Å². The normalized spacial score (nSPS) is 17.1. The zero-order valence-corrected chi connectivity index (χ0v) is 18.8. The number of hydrogen-bond acceptors (Lipinski definition) is 5. The highest BCUT2D eigenvalue weighted by Gasteiger charge is 2.47. The molecule has 4 rings (SSSR count). The third kappa shape index (κ3) is 4.25. The van der Waals surface area contributed by atoms with E-state index >= 15 is 0 Å². The Morgan fingerprint density at radius 3 is 2.18 bits per heavy atom. The molecule has 8 heteroatoms. The standard InChI is InChI=1S/C26H20ClNO6/c1-34-20-5-3-2-4-19(20)22-21(23(29)16-10-12-18(27)13-11-16)24(30)25(31)28(22)14-15-6-8-17(9-7-15)26(32)33/h2-13,22,29H,14H2,1H3,(H,32,33)/b23-21+. The van der Waals surface area contributed by atoms with E-state index in [4.69, 9.17) is 21.4 Å². The van der Waals surface area contributed by atoms with Gasteiger partial charge in [-0.2, -0.15) is 0 Å². The number of halogens is 1. The van der Waals surface area contributed by atoms with Gasteiger partial charge in [0, 0.05) is 22.7 Å². The molecule has 1 fully saturated rings. The van der Waals surface area contributed by atoms with Gasteiger partial charge in [-0.3, -0.25) is 9.59 Å². The Morgan fingerprint density at radius 2 is 1.56 bits per heavy atom. The van der Waals surface area contributed by atoms with Gasteiger partial charge in [-0.25, -0.2) is 4.79 Å². The third-order valence-corrected chi connectivity index (χ3v) is 5.90. The number of methoxy groups -OCH3 is 1. The lowest BCUT2D eigenvalue weighted by atomic mass is 9.94. The summed E-state index contributed by atoms with van der Waals surface area (Å²) < 4.78 is 5.48. The second kappa shape index (κ2) is 9.41. The number of Topliss-reactive ketones (excluding diaryl/α,β-unsaturated/α-hetero) is 1. The largest absolute Gasteiger partial charge is 0.507 e. The molecule has 1 saturated heterocycles. The maximum absolute atomic E-state index is 13.2. The van der Waals surface area contributed by atoms with Crippen LogP contribution in [-0.2, 0) is 16.1 Å². The molecule has 3 aromatic rings. The number of rotatable bonds is 6. The van der Waals surface area contributed by atoms with Crippen LogP contribution < -0.4 is 4.74 Å². The van der Waals surface area contributed by atoms with Crippen LogP contribution in [0.5, 0.6) is 5.75 Å².